The third-order valence-electron chi connectivity index (χ3n) is 4.98. The zero-order valence-corrected chi connectivity index (χ0v) is 15.6. The van der Waals surface area contributed by atoms with Crippen LogP contribution in [-0.4, -0.2) is 43.6 Å². The summed E-state index contributed by atoms with van der Waals surface area (Å²) in [6.07, 6.45) is 6.58. The summed E-state index contributed by atoms with van der Waals surface area (Å²) in [4.78, 5) is 6.98. The Labute approximate surface area is 147 Å². The number of unbranched alkanes of at least 4 members (excludes halogenated alkanes) is 1. The molecule has 1 aromatic rings. The van der Waals surface area contributed by atoms with Crippen LogP contribution < -0.4 is 10.6 Å². The quantitative estimate of drug-likeness (QED) is 0.456. The van der Waals surface area contributed by atoms with E-state index in [1.807, 2.05) is 13.1 Å². The van der Waals surface area contributed by atoms with Crippen LogP contribution in [0.4, 0.5) is 0 Å². The second kappa shape index (κ2) is 10.3. The number of hydrogen-bond acceptors (Lipinski definition) is 2. The molecule has 1 heterocycles. The monoisotopic (exact) mass is 330 g/mol. The summed E-state index contributed by atoms with van der Waals surface area (Å²) in [5.41, 5.74) is 1.28. The van der Waals surface area contributed by atoms with E-state index in [9.17, 15) is 0 Å². The molecule has 1 aliphatic heterocycles. The Morgan fingerprint density at radius 3 is 2.75 bits per heavy atom. The molecule has 0 amide bonds. The zero-order chi connectivity index (χ0) is 17.2. The number of guanidine groups is 1. The van der Waals surface area contributed by atoms with Crippen molar-refractivity contribution >= 4 is 5.96 Å². The smallest absolute Gasteiger partial charge is 0.191 e. The van der Waals surface area contributed by atoms with E-state index in [2.05, 4.69) is 58.6 Å². The number of likely N-dealkylation sites (tertiary alicyclic amines) is 1. The molecule has 1 saturated heterocycles. The maximum atomic E-state index is 4.34. The second-order valence-corrected chi connectivity index (χ2v) is 6.86. The molecular weight excluding hydrogens is 296 g/mol. The first kappa shape index (κ1) is 18.8. The summed E-state index contributed by atoms with van der Waals surface area (Å²) in [7, 11) is 1.84. The van der Waals surface area contributed by atoms with Crippen molar-refractivity contribution in [1.29, 1.82) is 0 Å². The molecule has 4 nitrogen and oxygen atoms in total. The van der Waals surface area contributed by atoms with E-state index in [0.29, 0.717) is 0 Å². The van der Waals surface area contributed by atoms with Gasteiger partial charge in [-0.05, 0) is 58.2 Å². The van der Waals surface area contributed by atoms with Gasteiger partial charge in [0.1, 0.15) is 0 Å². The Balaban J connectivity index is 1.63. The number of aliphatic imine (C=N–C) groups is 1. The van der Waals surface area contributed by atoms with E-state index >= 15 is 0 Å². The first-order valence-corrected chi connectivity index (χ1v) is 9.47. The number of nitrogens with one attached hydrogen (secondary N) is 2. The maximum Gasteiger partial charge on any atom is 0.191 e. The van der Waals surface area contributed by atoms with Gasteiger partial charge in [-0.15, -0.1) is 0 Å². The Morgan fingerprint density at radius 1 is 1.25 bits per heavy atom. The number of rotatable bonds is 7. The number of piperidine rings is 1. The highest BCUT2D eigenvalue weighted by atomic mass is 15.2. The lowest BCUT2D eigenvalue weighted by atomic mass is 10.0. The van der Waals surface area contributed by atoms with Crippen LogP contribution in [0.15, 0.2) is 35.3 Å². The SMILES string of the molecule is CN=C(NCCCCN1CCCCC1C)NC(C)c1ccccc1. The minimum absolute atomic E-state index is 0.256. The fourth-order valence-electron chi connectivity index (χ4n) is 3.36. The van der Waals surface area contributed by atoms with Crippen LogP contribution in [0.1, 0.15) is 57.6 Å². The van der Waals surface area contributed by atoms with Gasteiger partial charge < -0.3 is 15.5 Å². The van der Waals surface area contributed by atoms with Gasteiger partial charge in [-0.2, -0.15) is 0 Å². The van der Waals surface area contributed by atoms with Crippen molar-refractivity contribution in [2.75, 3.05) is 26.7 Å². The number of hydrogen-bond donors (Lipinski definition) is 2. The molecule has 0 saturated carbocycles. The summed E-state index contributed by atoms with van der Waals surface area (Å²) in [5.74, 6) is 0.887. The van der Waals surface area contributed by atoms with Crippen molar-refractivity contribution in [3.63, 3.8) is 0 Å². The van der Waals surface area contributed by atoms with Crippen LogP contribution in [0.2, 0.25) is 0 Å². The van der Waals surface area contributed by atoms with Gasteiger partial charge in [0.05, 0.1) is 6.04 Å². The van der Waals surface area contributed by atoms with Crippen molar-refractivity contribution < 1.29 is 0 Å². The fourth-order valence-corrected chi connectivity index (χ4v) is 3.36. The minimum Gasteiger partial charge on any atom is -0.356 e. The molecule has 2 N–H and O–H groups in total. The van der Waals surface area contributed by atoms with Crippen molar-refractivity contribution in [1.82, 2.24) is 15.5 Å². The summed E-state index contributed by atoms with van der Waals surface area (Å²) in [5, 5.41) is 6.90. The lowest BCUT2D eigenvalue weighted by molar-refractivity contribution is 0.158. The van der Waals surface area contributed by atoms with E-state index < -0.39 is 0 Å². The predicted octanol–water partition coefficient (Wildman–Crippen LogP) is 3.57. The van der Waals surface area contributed by atoms with Gasteiger partial charge in [0.2, 0.25) is 0 Å². The third kappa shape index (κ3) is 6.16. The molecule has 0 aromatic heterocycles. The molecule has 134 valence electrons. The largest absolute Gasteiger partial charge is 0.356 e. The minimum atomic E-state index is 0.256. The topological polar surface area (TPSA) is 39.7 Å². The second-order valence-electron chi connectivity index (χ2n) is 6.86. The summed E-state index contributed by atoms with van der Waals surface area (Å²) >= 11 is 0. The van der Waals surface area contributed by atoms with Gasteiger partial charge in [-0.1, -0.05) is 36.8 Å². The Bertz CT molecular complexity index is 486. The molecule has 24 heavy (non-hydrogen) atoms. The highest BCUT2D eigenvalue weighted by Gasteiger charge is 2.17. The average molecular weight is 331 g/mol. The van der Waals surface area contributed by atoms with Crippen molar-refractivity contribution in [2.24, 2.45) is 4.99 Å². The molecule has 1 aromatic carbocycles. The Kier molecular flexibility index (Phi) is 8.10. The van der Waals surface area contributed by atoms with Gasteiger partial charge in [0.15, 0.2) is 5.96 Å². The molecule has 4 heteroatoms. The molecule has 1 aliphatic rings. The molecule has 0 spiro atoms. The van der Waals surface area contributed by atoms with Gasteiger partial charge in [-0.25, -0.2) is 0 Å². The zero-order valence-electron chi connectivity index (χ0n) is 15.6. The number of nitrogens with zero attached hydrogens (tertiary/aromatic N) is 2. The molecule has 0 radical (unpaired) electrons. The van der Waals surface area contributed by atoms with E-state index in [4.69, 9.17) is 0 Å². The van der Waals surface area contributed by atoms with Crippen LogP contribution in [-0.2, 0) is 0 Å². The van der Waals surface area contributed by atoms with E-state index in [0.717, 1.165) is 18.5 Å². The van der Waals surface area contributed by atoms with Crippen LogP contribution in [0.5, 0.6) is 0 Å². The molecular formula is C20H34N4. The first-order valence-electron chi connectivity index (χ1n) is 9.47. The van der Waals surface area contributed by atoms with Crippen LogP contribution >= 0.6 is 0 Å². The van der Waals surface area contributed by atoms with Crippen molar-refractivity contribution in [3.8, 4) is 0 Å². The van der Waals surface area contributed by atoms with Gasteiger partial charge >= 0.3 is 0 Å². The highest BCUT2D eigenvalue weighted by Crippen LogP contribution is 2.16. The summed E-state index contributed by atoms with van der Waals surface area (Å²) < 4.78 is 0. The van der Waals surface area contributed by atoms with Crippen LogP contribution in [0.25, 0.3) is 0 Å². The van der Waals surface area contributed by atoms with E-state index in [1.165, 1.54) is 50.8 Å². The lowest BCUT2D eigenvalue weighted by Gasteiger charge is -2.33. The molecule has 0 aliphatic carbocycles. The summed E-state index contributed by atoms with van der Waals surface area (Å²) in [6, 6.07) is 11.5. The number of benzene rings is 1. The van der Waals surface area contributed by atoms with Gasteiger partial charge in [0, 0.05) is 19.6 Å². The van der Waals surface area contributed by atoms with Gasteiger partial charge in [0.25, 0.3) is 0 Å². The van der Waals surface area contributed by atoms with Gasteiger partial charge in [-0.3, -0.25) is 4.99 Å². The predicted molar refractivity (Wildman–Crippen MR) is 103 cm³/mol. The van der Waals surface area contributed by atoms with E-state index in [1.54, 1.807) is 0 Å². The molecule has 1 fully saturated rings. The van der Waals surface area contributed by atoms with E-state index in [-0.39, 0.29) is 6.04 Å². The van der Waals surface area contributed by atoms with Crippen LogP contribution in [0, 0.1) is 0 Å². The molecule has 2 atom stereocenters. The normalized spacial score (nSPS) is 20.6. The standard InChI is InChI=1S/C20H34N4/c1-17-11-7-9-15-24(17)16-10-8-14-22-20(21-3)23-18(2)19-12-5-4-6-13-19/h4-6,12-13,17-18H,7-11,14-16H2,1-3H3,(H2,21,22,23). The average Bonchev–Trinajstić information content (AvgIpc) is 2.62. The van der Waals surface area contributed by atoms with Crippen LogP contribution in [0.3, 0.4) is 0 Å². The maximum absolute atomic E-state index is 4.34. The van der Waals surface area contributed by atoms with Crippen molar-refractivity contribution in [2.45, 2.75) is 58.0 Å². The Hall–Kier alpha value is -1.55. The fraction of sp³-hybridized carbons (Fsp3) is 0.650. The Morgan fingerprint density at radius 2 is 2.04 bits per heavy atom. The lowest BCUT2D eigenvalue weighted by Crippen LogP contribution is -2.40. The molecule has 2 rings (SSSR count). The summed E-state index contributed by atoms with van der Waals surface area (Å²) in [6.45, 7) is 8.03. The third-order valence-corrected chi connectivity index (χ3v) is 4.98. The highest BCUT2D eigenvalue weighted by molar-refractivity contribution is 5.80. The molecule has 0 bridgehead atoms. The molecule has 2 unspecified atom stereocenters. The first-order chi connectivity index (χ1) is 11.7. The van der Waals surface area contributed by atoms with Crippen molar-refractivity contribution in [3.05, 3.63) is 35.9 Å².